The smallest absolute Gasteiger partial charge is 0.227 e. The number of methoxy groups -OCH3 is 2. The molecule has 1 saturated heterocycles. The van der Waals surface area contributed by atoms with Crippen molar-refractivity contribution in [1.82, 2.24) is 14.7 Å². The zero-order valence-corrected chi connectivity index (χ0v) is 16.2. The monoisotopic (exact) mass is 357 g/mol. The fourth-order valence-corrected chi connectivity index (χ4v) is 3.80. The number of benzene rings is 1. The maximum absolute atomic E-state index is 13.0. The van der Waals surface area contributed by atoms with Crippen LogP contribution in [0.5, 0.6) is 11.5 Å². The molecule has 2 heterocycles. The lowest BCUT2D eigenvalue weighted by atomic mass is 10.0. The Kier molecular flexibility index (Phi) is 5.20. The van der Waals surface area contributed by atoms with Crippen LogP contribution in [0, 0.1) is 13.8 Å². The maximum atomic E-state index is 13.0. The number of ether oxygens (including phenoxy) is 2. The second kappa shape index (κ2) is 7.40. The van der Waals surface area contributed by atoms with Crippen LogP contribution in [0.2, 0.25) is 0 Å². The highest BCUT2D eigenvalue weighted by Crippen LogP contribution is 2.37. The van der Waals surface area contributed by atoms with E-state index in [1.807, 2.05) is 48.7 Å². The molecule has 1 fully saturated rings. The van der Waals surface area contributed by atoms with Crippen molar-refractivity contribution in [2.75, 3.05) is 20.8 Å². The highest BCUT2D eigenvalue weighted by atomic mass is 16.5. The molecule has 3 rings (SSSR count). The number of nitrogens with zero attached hydrogens (tertiary/aromatic N) is 3. The van der Waals surface area contributed by atoms with Crippen LogP contribution in [0.3, 0.4) is 0 Å². The fourth-order valence-electron chi connectivity index (χ4n) is 3.80. The molecule has 6 heteroatoms. The molecular formula is C20H27N3O3. The highest BCUT2D eigenvalue weighted by molar-refractivity contribution is 5.80. The topological polar surface area (TPSA) is 56.6 Å². The van der Waals surface area contributed by atoms with Crippen molar-refractivity contribution in [3.05, 3.63) is 40.7 Å². The molecule has 1 unspecified atom stereocenters. The first-order valence-corrected chi connectivity index (χ1v) is 8.96. The number of aromatic nitrogens is 2. The quantitative estimate of drug-likeness (QED) is 0.825. The van der Waals surface area contributed by atoms with Gasteiger partial charge in [0.05, 0.1) is 32.4 Å². The van der Waals surface area contributed by atoms with Crippen LogP contribution in [0.4, 0.5) is 0 Å². The van der Waals surface area contributed by atoms with Gasteiger partial charge in [0.2, 0.25) is 5.91 Å². The summed E-state index contributed by atoms with van der Waals surface area (Å²) >= 11 is 0. The molecule has 1 atom stereocenters. The molecular weight excluding hydrogens is 330 g/mol. The fraction of sp³-hybridized carbons (Fsp3) is 0.500. The molecule has 0 spiro atoms. The van der Waals surface area contributed by atoms with E-state index < -0.39 is 0 Å². The molecule has 1 aromatic heterocycles. The van der Waals surface area contributed by atoms with Gasteiger partial charge in [-0.3, -0.25) is 9.48 Å². The summed E-state index contributed by atoms with van der Waals surface area (Å²) in [6.07, 6.45) is 2.37. The van der Waals surface area contributed by atoms with Crippen molar-refractivity contribution in [1.29, 1.82) is 0 Å². The van der Waals surface area contributed by atoms with Gasteiger partial charge in [0, 0.05) is 24.8 Å². The van der Waals surface area contributed by atoms with Gasteiger partial charge in [-0.15, -0.1) is 0 Å². The van der Waals surface area contributed by atoms with Gasteiger partial charge >= 0.3 is 0 Å². The number of hydrogen-bond acceptors (Lipinski definition) is 4. The first-order valence-electron chi connectivity index (χ1n) is 8.96. The van der Waals surface area contributed by atoms with E-state index in [0.717, 1.165) is 41.9 Å². The van der Waals surface area contributed by atoms with E-state index in [2.05, 4.69) is 5.10 Å². The van der Waals surface area contributed by atoms with Gasteiger partial charge in [0.15, 0.2) is 11.5 Å². The molecule has 0 radical (unpaired) electrons. The summed E-state index contributed by atoms with van der Waals surface area (Å²) < 4.78 is 12.6. The van der Waals surface area contributed by atoms with E-state index in [1.54, 1.807) is 14.2 Å². The van der Waals surface area contributed by atoms with E-state index in [1.165, 1.54) is 0 Å². The van der Waals surface area contributed by atoms with Crippen LogP contribution in [0.25, 0.3) is 0 Å². The largest absolute Gasteiger partial charge is 0.493 e. The Balaban J connectivity index is 1.82. The molecule has 0 N–H and O–H groups in total. The predicted molar refractivity (Wildman–Crippen MR) is 99.6 cm³/mol. The SMILES string of the molecule is COc1ccc(C2CCCN2C(=O)Cc2c(C)nn(C)c2C)cc1OC. The van der Waals surface area contributed by atoms with Crippen molar-refractivity contribution >= 4 is 5.91 Å². The van der Waals surface area contributed by atoms with E-state index in [9.17, 15) is 4.79 Å². The van der Waals surface area contributed by atoms with Crippen molar-refractivity contribution in [2.45, 2.75) is 39.2 Å². The minimum Gasteiger partial charge on any atom is -0.493 e. The minimum atomic E-state index is 0.0830. The van der Waals surface area contributed by atoms with Gasteiger partial charge < -0.3 is 14.4 Å². The molecule has 6 nitrogen and oxygen atoms in total. The van der Waals surface area contributed by atoms with Gasteiger partial charge in [0.1, 0.15) is 0 Å². The molecule has 140 valence electrons. The second-order valence-electron chi connectivity index (χ2n) is 6.81. The van der Waals surface area contributed by atoms with E-state index in [4.69, 9.17) is 9.47 Å². The Bertz CT molecular complexity index is 813. The number of carbonyl (C=O) groups is 1. The van der Waals surface area contributed by atoms with Crippen LogP contribution in [-0.2, 0) is 18.3 Å². The highest BCUT2D eigenvalue weighted by Gasteiger charge is 2.31. The lowest BCUT2D eigenvalue weighted by Crippen LogP contribution is -2.32. The molecule has 1 amide bonds. The molecule has 1 aliphatic heterocycles. The maximum Gasteiger partial charge on any atom is 0.227 e. The number of hydrogen-bond donors (Lipinski definition) is 0. The first kappa shape index (κ1) is 18.3. The molecule has 0 bridgehead atoms. The third-order valence-corrected chi connectivity index (χ3v) is 5.35. The summed E-state index contributed by atoms with van der Waals surface area (Å²) in [5.41, 5.74) is 4.11. The van der Waals surface area contributed by atoms with Gasteiger partial charge in [-0.1, -0.05) is 6.07 Å². The Morgan fingerprint density at radius 3 is 2.58 bits per heavy atom. The Morgan fingerprint density at radius 1 is 1.23 bits per heavy atom. The summed E-state index contributed by atoms with van der Waals surface area (Å²) in [6.45, 7) is 4.76. The van der Waals surface area contributed by atoms with Crippen LogP contribution in [-0.4, -0.2) is 41.4 Å². The number of likely N-dealkylation sites (tertiary alicyclic amines) is 1. The lowest BCUT2D eigenvalue weighted by Gasteiger charge is -2.26. The zero-order valence-electron chi connectivity index (χ0n) is 16.2. The number of amides is 1. The van der Waals surface area contributed by atoms with Crippen LogP contribution in [0.1, 0.15) is 41.4 Å². The summed E-state index contributed by atoms with van der Waals surface area (Å²) in [7, 11) is 5.17. The van der Waals surface area contributed by atoms with Crippen LogP contribution in [0.15, 0.2) is 18.2 Å². The number of rotatable bonds is 5. The minimum absolute atomic E-state index is 0.0830. The summed E-state index contributed by atoms with van der Waals surface area (Å²) in [4.78, 5) is 15.0. The zero-order chi connectivity index (χ0) is 18.8. The standard InChI is InChI=1S/C20H27N3O3/c1-13-16(14(2)22(3)21-13)12-20(24)23-10-6-7-17(23)15-8-9-18(25-4)19(11-15)26-5/h8-9,11,17H,6-7,10,12H2,1-5H3. The summed E-state index contributed by atoms with van der Waals surface area (Å²) in [6, 6.07) is 6.00. The normalized spacial score (nSPS) is 16.8. The average Bonchev–Trinajstić information content (AvgIpc) is 3.22. The molecule has 1 aromatic carbocycles. The van der Waals surface area contributed by atoms with Crippen LogP contribution >= 0.6 is 0 Å². The predicted octanol–water partition coefficient (Wildman–Crippen LogP) is 2.96. The van der Waals surface area contributed by atoms with Crippen molar-refractivity contribution in [3.63, 3.8) is 0 Å². The molecule has 1 aliphatic rings. The summed E-state index contributed by atoms with van der Waals surface area (Å²) in [5.74, 6) is 1.55. The van der Waals surface area contributed by atoms with Gasteiger partial charge in [-0.25, -0.2) is 0 Å². The van der Waals surface area contributed by atoms with Crippen molar-refractivity contribution < 1.29 is 14.3 Å². The van der Waals surface area contributed by atoms with Crippen molar-refractivity contribution in [2.24, 2.45) is 7.05 Å². The third-order valence-electron chi connectivity index (χ3n) is 5.35. The van der Waals surface area contributed by atoms with Crippen molar-refractivity contribution in [3.8, 4) is 11.5 Å². The summed E-state index contributed by atoms with van der Waals surface area (Å²) in [5, 5.41) is 4.42. The lowest BCUT2D eigenvalue weighted by molar-refractivity contribution is -0.131. The Morgan fingerprint density at radius 2 is 1.96 bits per heavy atom. The van der Waals surface area contributed by atoms with E-state index >= 15 is 0 Å². The molecule has 26 heavy (non-hydrogen) atoms. The Hall–Kier alpha value is -2.50. The van der Waals surface area contributed by atoms with Gasteiger partial charge in [-0.05, 0) is 44.4 Å². The molecule has 0 saturated carbocycles. The van der Waals surface area contributed by atoms with Gasteiger partial charge in [0.25, 0.3) is 0 Å². The van der Waals surface area contributed by atoms with Crippen LogP contribution < -0.4 is 9.47 Å². The van der Waals surface area contributed by atoms with E-state index in [0.29, 0.717) is 17.9 Å². The second-order valence-corrected chi connectivity index (χ2v) is 6.81. The van der Waals surface area contributed by atoms with Gasteiger partial charge in [-0.2, -0.15) is 5.10 Å². The average molecular weight is 357 g/mol. The molecule has 0 aliphatic carbocycles. The third kappa shape index (κ3) is 3.28. The molecule has 2 aromatic rings. The number of carbonyl (C=O) groups excluding carboxylic acids is 1. The van der Waals surface area contributed by atoms with E-state index in [-0.39, 0.29) is 11.9 Å². The number of aryl methyl sites for hydroxylation is 2. The first-order chi connectivity index (χ1) is 12.5. The Labute approximate surface area is 154 Å².